The summed E-state index contributed by atoms with van der Waals surface area (Å²) in [6.45, 7) is 4.82. The summed E-state index contributed by atoms with van der Waals surface area (Å²) in [4.78, 5) is 14.0. The van der Waals surface area contributed by atoms with Gasteiger partial charge in [0.15, 0.2) is 0 Å². The third kappa shape index (κ3) is 3.66. The molecule has 0 N–H and O–H groups in total. The number of hydrogen-bond donors (Lipinski definition) is 0. The number of carbonyl (C=O) groups excluding carboxylic acids is 1. The highest BCUT2D eigenvalue weighted by molar-refractivity contribution is 9.10. The Labute approximate surface area is 126 Å². The molecule has 0 bridgehead atoms. The van der Waals surface area contributed by atoms with Gasteiger partial charge < -0.3 is 4.90 Å². The van der Waals surface area contributed by atoms with E-state index in [9.17, 15) is 4.79 Å². The van der Waals surface area contributed by atoms with Crippen molar-refractivity contribution in [3.63, 3.8) is 0 Å². The molecule has 6 heteroatoms. The number of carbonyl (C=O) groups is 1. The topological polar surface area (TPSA) is 59.2 Å². The lowest BCUT2D eigenvalue weighted by molar-refractivity contribution is -0.130. The van der Waals surface area contributed by atoms with Crippen LogP contribution in [0.4, 0.5) is 0 Å². The van der Waals surface area contributed by atoms with Crippen LogP contribution in [-0.2, 0) is 17.8 Å². The molecule has 1 amide bonds. The van der Waals surface area contributed by atoms with Gasteiger partial charge in [0.2, 0.25) is 5.91 Å². The number of likely N-dealkylation sites (N-methyl/N-ethyl adjacent to an activating group) is 1. The van der Waals surface area contributed by atoms with Crippen molar-refractivity contribution in [3.8, 4) is 0 Å². The zero-order valence-corrected chi connectivity index (χ0v) is 13.1. The Hall–Kier alpha value is -1.69. The molecule has 0 fully saturated rings. The lowest BCUT2D eigenvalue weighted by Gasteiger charge is -2.19. The summed E-state index contributed by atoms with van der Waals surface area (Å²) in [7, 11) is 0. The number of hydrogen-bond acceptors (Lipinski definition) is 4. The van der Waals surface area contributed by atoms with Crippen LogP contribution in [0.2, 0.25) is 0 Å². The molecular weight excluding hydrogens is 322 g/mol. The molecule has 0 aliphatic carbocycles. The van der Waals surface area contributed by atoms with Crippen molar-refractivity contribution in [1.82, 2.24) is 15.2 Å². The fourth-order valence-electron chi connectivity index (χ4n) is 1.84. The highest BCUT2D eigenvalue weighted by atomic mass is 79.9. The van der Waals surface area contributed by atoms with Crippen LogP contribution in [0, 0.1) is 6.92 Å². The maximum Gasteiger partial charge on any atom is 0.227 e. The molecule has 2 aromatic rings. The second-order valence-corrected chi connectivity index (χ2v) is 5.42. The third-order valence-corrected chi connectivity index (χ3v) is 3.62. The van der Waals surface area contributed by atoms with Crippen LogP contribution in [0.1, 0.15) is 23.9 Å². The summed E-state index contributed by atoms with van der Waals surface area (Å²) < 4.78 is 5.66. The van der Waals surface area contributed by atoms with Crippen molar-refractivity contribution < 1.29 is 9.42 Å². The molecule has 0 aliphatic heterocycles. The van der Waals surface area contributed by atoms with E-state index in [1.54, 1.807) is 4.90 Å². The monoisotopic (exact) mass is 337 g/mol. The second kappa shape index (κ2) is 6.65. The summed E-state index contributed by atoms with van der Waals surface area (Å²) in [5, 5.41) is 7.55. The number of benzene rings is 1. The van der Waals surface area contributed by atoms with Gasteiger partial charge in [0.1, 0.15) is 11.4 Å². The molecule has 0 radical (unpaired) electrons. The molecule has 0 spiro atoms. The molecule has 1 heterocycles. The van der Waals surface area contributed by atoms with Crippen LogP contribution in [0.15, 0.2) is 33.4 Å². The van der Waals surface area contributed by atoms with Gasteiger partial charge >= 0.3 is 0 Å². The average molecular weight is 338 g/mol. The van der Waals surface area contributed by atoms with E-state index in [0.29, 0.717) is 25.2 Å². The van der Waals surface area contributed by atoms with E-state index in [-0.39, 0.29) is 5.91 Å². The fraction of sp³-hybridized carbons (Fsp3) is 0.357. The third-order valence-electron chi connectivity index (χ3n) is 3.09. The lowest BCUT2D eigenvalue weighted by atomic mass is 10.1. The van der Waals surface area contributed by atoms with E-state index in [2.05, 4.69) is 30.9 Å². The van der Waals surface area contributed by atoms with Crippen molar-refractivity contribution in [2.45, 2.75) is 26.8 Å². The Balaban J connectivity index is 2.02. The number of aryl methyl sites for hydroxylation is 1. The second-order valence-electron chi connectivity index (χ2n) is 4.51. The zero-order chi connectivity index (χ0) is 14.5. The molecule has 0 saturated heterocycles. The number of rotatable bonds is 5. The highest BCUT2D eigenvalue weighted by Gasteiger charge is 2.16. The first-order valence-electron chi connectivity index (χ1n) is 6.40. The summed E-state index contributed by atoms with van der Waals surface area (Å²) in [5.74, 6) is 0.0669. The smallest absolute Gasteiger partial charge is 0.227 e. The van der Waals surface area contributed by atoms with Gasteiger partial charge in [0.25, 0.3) is 0 Å². The maximum atomic E-state index is 12.3. The maximum absolute atomic E-state index is 12.3. The van der Waals surface area contributed by atoms with E-state index < -0.39 is 0 Å². The first-order valence-corrected chi connectivity index (χ1v) is 7.19. The van der Waals surface area contributed by atoms with Crippen LogP contribution in [0.5, 0.6) is 0 Å². The van der Waals surface area contributed by atoms with E-state index in [1.165, 1.54) is 0 Å². The standard InChI is InChI=1S/C14H16BrN3O2/c1-3-18(9-13-10(2)16-20-17-13)14(19)8-11-4-6-12(15)7-5-11/h4-7H,3,8-9H2,1-2H3. The number of halogens is 1. The Morgan fingerprint density at radius 2 is 2.00 bits per heavy atom. The van der Waals surface area contributed by atoms with Crippen LogP contribution < -0.4 is 0 Å². The largest absolute Gasteiger partial charge is 0.337 e. The number of nitrogens with zero attached hydrogens (tertiary/aromatic N) is 3. The number of aromatic nitrogens is 2. The van der Waals surface area contributed by atoms with Gasteiger partial charge in [0.05, 0.1) is 13.0 Å². The minimum atomic E-state index is 0.0669. The van der Waals surface area contributed by atoms with Gasteiger partial charge in [-0.3, -0.25) is 4.79 Å². The van der Waals surface area contributed by atoms with Gasteiger partial charge in [0, 0.05) is 11.0 Å². The van der Waals surface area contributed by atoms with Crippen molar-refractivity contribution in [2.75, 3.05) is 6.54 Å². The molecule has 0 saturated carbocycles. The van der Waals surface area contributed by atoms with Gasteiger partial charge in [-0.05, 0) is 31.5 Å². The van der Waals surface area contributed by atoms with Crippen LogP contribution in [0.25, 0.3) is 0 Å². The molecule has 20 heavy (non-hydrogen) atoms. The van der Waals surface area contributed by atoms with Crippen molar-refractivity contribution in [1.29, 1.82) is 0 Å². The van der Waals surface area contributed by atoms with Gasteiger partial charge in [-0.1, -0.05) is 38.4 Å². The molecule has 5 nitrogen and oxygen atoms in total. The Bertz CT molecular complexity index is 580. The summed E-state index contributed by atoms with van der Waals surface area (Å²) >= 11 is 3.38. The Morgan fingerprint density at radius 3 is 2.55 bits per heavy atom. The van der Waals surface area contributed by atoms with Gasteiger partial charge in [-0.15, -0.1) is 0 Å². The van der Waals surface area contributed by atoms with Gasteiger partial charge in [-0.2, -0.15) is 0 Å². The predicted octanol–water partition coefficient (Wildman–Crippen LogP) is 2.73. The zero-order valence-electron chi connectivity index (χ0n) is 11.5. The van der Waals surface area contributed by atoms with Crippen LogP contribution in [0.3, 0.4) is 0 Å². The normalized spacial score (nSPS) is 10.6. The van der Waals surface area contributed by atoms with Crippen LogP contribution in [-0.4, -0.2) is 27.7 Å². The summed E-state index contributed by atoms with van der Waals surface area (Å²) in [5.41, 5.74) is 2.42. The molecule has 1 aromatic carbocycles. The molecule has 106 valence electrons. The van der Waals surface area contributed by atoms with Crippen LogP contribution >= 0.6 is 15.9 Å². The Morgan fingerprint density at radius 1 is 1.30 bits per heavy atom. The van der Waals surface area contributed by atoms with Crippen molar-refractivity contribution in [3.05, 3.63) is 45.7 Å². The van der Waals surface area contributed by atoms with E-state index in [4.69, 9.17) is 0 Å². The van der Waals surface area contributed by atoms with Crippen molar-refractivity contribution in [2.24, 2.45) is 0 Å². The number of amides is 1. The lowest BCUT2D eigenvalue weighted by Crippen LogP contribution is -2.32. The van der Waals surface area contributed by atoms with Crippen molar-refractivity contribution >= 4 is 21.8 Å². The first-order chi connectivity index (χ1) is 9.60. The predicted molar refractivity (Wildman–Crippen MR) is 78.0 cm³/mol. The highest BCUT2D eigenvalue weighted by Crippen LogP contribution is 2.13. The minimum Gasteiger partial charge on any atom is -0.337 e. The summed E-state index contributed by atoms with van der Waals surface area (Å²) in [6.07, 6.45) is 0.380. The Kier molecular flexibility index (Phi) is 4.89. The van der Waals surface area contributed by atoms with E-state index >= 15 is 0 Å². The molecule has 0 atom stereocenters. The average Bonchev–Trinajstić information content (AvgIpc) is 2.84. The molecule has 1 aromatic heterocycles. The minimum absolute atomic E-state index is 0.0669. The summed E-state index contributed by atoms with van der Waals surface area (Å²) in [6, 6.07) is 7.76. The van der Waals surface area contributed by atoms with E-state index in [0.717, 1.165) is 15.7 Å². The first kappa shape index (κ1) is 14.7. The quantitative estimate of drug-likeness (QED) is 0.841. The molecule has 2 rings (SSSR count). The van der Waals surface area contributed by atoms with Gasteiger partial charge in [-0.25, -0.2) is 4.63 Å². The SMILES string of the molecule is CCN(Cc1nonc1C)C(=O)Cc1ccc(Br)cc1. The van der Waals surface area contributed by atoms with E-state index in [1.807, 2.05) is 38.1 Å². The molecule has 0 unspecified atom stereocenters. The molecule has 0 aliphatic rings. The fourth-order valence-corrected chi connectivity index (χ4v) is 2.10. The molecular formula is C14H16BrN3O2.